The fraction of sp³-hybridized carbons (Fsp3) is 0.667. The lowest BCUT2D eigenvalue weighted by Gasteiger charge is -2.02. The fourth-order valence-electron chi connectivity index (χ4n) is 0. The first kappa shape index (κ1) is 11.6. The summed E-state index contributed by atoms with van der Waals surface area (Å²) in [7, 11) is 0. The Morgan fingerprint density at radius 2 is 1.75 bits per heavy atom. The maximum absolute atomic E-state index is 9.76. The Balaban J connectivity index is 0. The van der Waals surface area contributed by atoms with E-state index in [0.717, 1.165) is 0 Å². The van der Waals surface area contributed by atoms with Crippen LogP contribution in [0.2, 0.25) is 0 Å². The van der Waals surface area contributed by atoms with E-state index in [9.17, 15) is 4.79 Å². The number of hydrogen-bond acceptors (Lipinski definition) is 1. The van der Waals surface area contributed by atoms with Gasteiger partial charge in [-0.1, -0.05) is 23.2 Å². The Hall–Kier alpha value is 0.816. The third kappa shape index (κ3) is 4.96. The average molecular weight is 167 g/mol. The monoisotopic (exact) mass is 166 g/mol. The number of alkyl halides is 2. The van der Waals surface area contributed by atoms with Crippen LogP contribution in [0.3, 0.4) is 0 Å². The Labute approximate surface area is 73.3 Å². The molecule has 44 valence electrons. The lowest BCUT2D eigenvalue weighted by Crippen LogP contribution is -2.19. The summed E-state index contributed by atoms with van der Waals surface area (Å²) >= 11 is 10.1. The molecular weight excluding hydrogens is 163 g/mol. The summed E-state index contributed by atoms with van der Waals surface area (Å²) in [6, 6.07) is 0. The molecule has 0 saturated carbocycles. The normalized spacial score (nSPS) is 9.88. The maximum atomic E-state index is 9.76. The van der Waals surface area contributed by atoms with Gasteiger partial charge in [0, 0.05) is 23.1 Å². The van der Waals surface area contributed by atoms with Crippen molar-refractivity contribution >= 4 is 52.2 Å². The van der Waals surface area contributed by atoms with E-state index in [-0.39, 0.29) is 23.1 Å². The molecule has 0 heterocycles. The Kier molecular flexibility index (Phi) is 5.46. The van der Waals surface area contributed by atoms with Gasteiger partial charge in [-0.05, 0) is 6.92 Å². The van der Waals surface area contributed by atoms with Crippen molar-refractivity contribution in [3.05, 3.63) is 0 Å². The molecule has 0 aliphatic heterocycles. The minimum absolute atomic E-state index is 0. The van der Waals surface area contributed by atoms with Crippen LogP contribution in [0.1, 0.15) is 6.92 Å². The predicted octanol–water partition coefficient (Wildman–Crippen LogP) is 0.884. The molecule has 0 aromatic rings. The van der Waals surface area contributed by atoms with Gasteiger partial charge in [0.2, 0.25) is 4.33 Å². The zero-order valence-corrected chi connectivity index (χ0v) is 7.24. The molecule has 8 heavy (non-hydrogen) atoms. The van der Waals surface area contributed by atoms with E-state index in [1.54, 1.807) is 0 Å². The lowest BCUT2D eigenvalue weighted by molar-refractivity contribution is -0.137. The first-order valence-electron chi connectivity index (χ1n) is 1.56. The second kappa shape index (κ2) is 3.77. The second-order valence-corrected chi connectivity index (χ2v) is 2.90. The maximum Gasteiger partial charge on any atom is 0.339 e. The fourth-order valence-corrected chi connectivity index (χ4v) is 0. The summed E-state index contributed by atoms with van der Waals surface area (Å²) in [5, 5.41) is 7.99. The molecule has 0 saturated heterocycles. The van der Waals surface area contributed by atoms with Gasteiger partial charge in [-0.15, -0.1) is 0 Å². The van der Waals surface area contributed by atoms with Gasteiger partial charge in [0.15, 0.2) is 0 Å². The topological polar surface area (TPSA) is 37.3 Å². The molecule has 0 bridgehead atoms. The third-order valence-electron chi connectivity index (χ3n) is 0.376. The number of carbonyl (C=O) groups is 1. The molecule has 0 atom stereocenters. The van der Waals surface area contributed by atoms with Crippen LogP contribution in [0.4, 0.5) is 0 Å². The van der Waals surface area contributed by atoms with Crippen molar-refractivity contribution in [2.45, 2.75) is 11.3 Å². The number of hydrogen-bond donors (Lipinski definition) is 1. The molecule has 0 fully saturated rings. The molecule has 0 unspecified atom stereocenters. The van der Waals surface area contributed by atoms with E-state index < -0.39 is 10.3 Å². The molecule has 0 spiro atoms. The van der Waals surface area contributed by atoms with Gasteiger partial charge >= 0.3 is 5.97 Å². The van der Waals surface area contributed by atoms with Crippen molar-refractivity contribution in [3.63, 3.8) is 0 Å². The molecule has 2 nitrogen and oxygen atoms in total. The number of carboxylic acid groups (broad SMARTS) is 1. The second-order valence-electron chi connectivity index (χ2n) is 1.19. The summed E-state index contributed by atoms with van der Waals surface area (Å²) in [4.78, 5) is 9.76. The van der Waals surface area contributed by atoms with Crippen LogP contribution >= 0.6 is 23.2 Å². The van der Waals surface area contributed by atoms with Crippen molar-refractivity contribution in [2.75, 3.05) is 0 Å². The number of carboxylic acids is 1. The SMILES string of the molecule is CC(Cl)(Cl)C(=O)O.[Mg]. The molecule has 0 aliphatic carbocycles. The van der Waals surface area contributed by atoms with Gasteiger partial charge in [0.1, 0.15) is 0 Å². The summed E-state index contributed by atoms with van der Waals surface area (Å²) in [6.07, 6.45) is 0. The number of halogens is 2. The van der Waals surface area contributed by atoms with E-state index in [1.807, 2.05) is 0 Å². The molecular formula is C3H4Cl2MgO2. The van der Waals surface area contributed by atoms with Crippen LogP contribution in [-0.4, -0.2) is 38.5 Å². The minimum Gasteiger partial charge on any atom is -0.479 e. The number of rotatable bonds is 1. The smallest absolute Gasteiger partial charge is 0.339 e. The summed E-state index contributed by atoms with van der Waals surface area (Å²) in [5.41, 5.74) is 0. The zero-order valence-electron chi connectivity index (χ0n) is 4.32. The van der Waals surface area contributed by atoms with Crippen LogP contribution in [0.15, 0.2) is 0 Å². The zero-order chi connectivity index (χ0) is 6.08. The van der Waals surface area contributed by atoms with Crippen molar-refractivity contribution in [1.29, 1.82) is 0 Å². The van der Waals surface area contributed by atoms with Gasteiger partial charge in [-0.25, -0.2) is 4.79 Å². The van der Waals surface area contributed by atoms with Gasteiger partial charge in [-0.3, -0.25) is 0 Å². The molecule has 5 heteroatoms. The average Bonchev–Trinajstić information content (AvgIpc) is 1.31. The van der Waals surface area contributed by atoms with Crippen molar-refractivity contribution in [3.8, 4) is 0 Å². The van der Waals surface area contributed by atoms with Crippen LogP contribution in [-0.2, 0) is 4.79 Å². The lowest BCUT2D eigenvalue weighted by atomic mass is 10.5. The van der Waals surface area contributed by atoms with Gasteiger partial charge in [-0.2, -0.15) is 0 Å². The minimum atomic E-state index is -1.64. The van der Waals surface area contributed by atoms with E-state index >= 15 is 0 Å². The summed E-state index contributed by atoms with van der Waals surface area (Å²) in [6.45, 7) is 1.19. The molecule has 0 rings (SSSR count). The Morgan fingerprint density at radius 1 is 1.62 bits per heavy atom. The molecule has 0 aromatic heterocycles. The highest BCUT2D eigenvalue weighted by Gasteiger charge is 2.25. The summed E-state index contributed by atoms with van der Waals surface area (Å²) < 4.78 is -1.64. The quantitative estimate of drug-likeness (QED) is 0.465. The summed E-state index contributed by atoms with van der Waals surface area (Å²) in [5.74, 6) is -1.23. The third-order valence-corrected chi connectivity index (χ3v) is 0.699. The highest BCUT2D eigenvalue weighted by molar-refractivity contribution is 6.56. The van der Waals surface area contributed by atoms with E-state index in [1.165, 1.54) is 6.92 Å². The van der Waals surface area contributed by atoms with Crippen LogP contribution in [0.5, 0.6) is 0 Å². The Morgan fingerprint density at radius 3 is 1.75 bits per heavy atom. The molecule has 0 aliphatic rings. The van der Waals surface area contributed by atoms with E-state index in [0.29, 0.717) is 0 Å². The molecule has 0 amide bonds. The first-order chi connectivity index (χ1) is 2.94. The van der Waals surface area contributed by atoms with Crippen molar-refractivity contribution < 1.29 is 9.90 Å². The van der Waals surface area contributed by atoms with Crippen molar-refractivity contribution in [1.82, 2.24) is 0 Å². The van der Waals surface area contributed by atoms with Gasteiger partial charge in [0.25, 0.3) is 0 Å². The van der Waals surface area contributed by atoms with Crippen LogP contribution in [0.25, 0.3) is 0 Å². The molecule has 0 aromatic carbocycles. The predicted molar refractivity (Wildman–Crippen MR) is 33.5 cm³/mol. The highest BCUT2D eigenvalue weighted by atomic mass is 35.5. The largest absolute Gasteiger partial charge is 0.479 e. The Bertz CT molecular complexity index is 87.8. The van der Waals surface area contributed by atoms with Crippen LogP contribution in [0, 0.1) is 0 Å². The molecule has 2 radical (unpaired) electrons. The van der Waals surface area contributed by atoms with Gasteiger partial charge in [0.05, 0.1) is 0 Å². The van der Waals surface area contributed by atoms with Crippen LogP contribution < -0.4 is 0 Å². The van der Waals surface area contributed by atoms with Gasteiger partial charge < -0.3 is 5.11 Å². The van der Waals surface area contributed by atoms with E-state index in [2.05, 4.69) is 0 Å². The first-order valence-corrected chi connectivity index (χ1v) is 2.31. The molecule has 1 N–H and O–H groups in total. The highest BCUT2D eigenvalue weighted by Crippen LogP contribution is 2.18. The standard InChI is InChI=1S/C3H4Cl2O2.Mg/c1-3(4,5)2(6)7;/h1H3,(H,6,7);. The van der Waals surface area contributed by atoms with Crippen molar-refractivity contribution in [2.24, 2.45) is 0 Å². The van der Waals surface area contributed by atoms with E-state index in [4.69, 9.17) is 28.3 Å². The number of aliphatic carboxylic acids is 1.